The van der Waals surface area contributed by atoms with E-state index in [2.05, 4.69) is 40.9 Å². The van der Waals surface area contributed by atoms with Crippen LogP contribution in [0.15, 0.2) is 0 Å². The fraction of sp³-hybridized carbons (Fsp3) is 0.778. The molecule has 1 N–H and O–H groups in total. The predicted octanol–water partition coefficient (Wildman–Crippen LogP) is 1.07. The second-order valence-electron chi connectivity index (χ2n) is 3.90. The molecule has 0 aliphatic carbocycles. The average Bonchev–Trinajstić information content (AvgIpc) is 2.48. The molecule has 1 aromatic heterocycles. The summed E-state index contributed by atoms with van der Waals surface area (Å²) in [6.45, 7) is 8.46. The Balaban J connectivity index is 2.41. The van der Waals surface area contributed by atoms with E-state index in [-0.39, 0.29) is 0 Å². The van der Waals surface area contributed by atoms with E-state index in [4.69, 9.17) is 0 Å². The highest BCUT2D eigenvalue weighted by Gasteiger charge is 2.22. The molecule has 0 radical (unpaired) electrons. The zero-order chi connectivity index (χ0) is 9.42. The summed E-state index contributed by atoms with van der Waals surface area (Å²) in [5.41, 5.74) is 0. The Morgan fingerprint density at radius 2 is 2.23 bits per heavy atom. The van der Waals surface area contributed by atoms with Gasteiger partial charge in [0, 0.05) is 19.0 Å². The van der Waals surface area contributed by atoms with Crippen LogP contribution in [0.2, 0.25) is 0 Å². The van der Waals surface area contributed by atoms with Gasteiger partial charge in [0.25, 0.3) is 0 Å². The van der Waals surface area contributed by atoms with E-state index in [0.717, 1.165) is 24.7 Å². The highest BCUT2D eigenvalue weighted by Crippen LogP contribution is 2.19. The van der Waals surface area contributed by atoms with Crippen LogP contribution in [0.25, 0.3) is 0 Å². The Morgan fingerprint density at radius 1 is 1.46 bits per heavy atom. The smallest absolute Gasteiger partial charge is 0.149 e. The monoisotopic (exact) mass is 180 g/mol. The van der Waals surface area contributed by atoms with Crippen molar-refractivity contribution in [3.8, 4) is 0 Å². The van der Waals surface area contributed by atoms with Crippen molar-refractivity contribution in [1.82, 2.24) is 20.1 Å². The predicted molar refractivity (Wildman–Crippen MR) is 50.5 cm³/mol. The van der Waals surface area contributed by atoms with Gasteiger partial charge in [-0.15, -0.1) is 10.2 Å². The molecule has 2 heterocycles. The molecule has 0 aromatic carbocycles. The normalized spacial score (nSPS) is 22.0. The molecular formula is C9H16N4. The molecule has 1 aromatic rings. The van der Waals surface area contributed by atoms with E-state index in [1.807, 2.05) is 0 Å². The van der Waals surface area contributed by atoms with Crippen LogP contribution in [0.5, 0.6) is 0 Å². The third-order valence-electron chi connectivity index (χ3n) is 2.50. The number of hydrogen-bond donors (Lipinski definition) is 1. The minimum atomic E-state index is 0.341. The van der Waals surface area contributed by atoms with Crippen molar-refractivity contribution < 1.29 is 0 Å². The van der Waals surface area contributed by atoms with Gasteiger partial charge in [-0.25, -0.2) is 0 Å². The zero-order valence-corrected chi connectivity index (χ0v) is 8.41. The molecule has 0 saturated heterocycles. The lowest BCUT2D eigenvalue weighted by Crippen LogP contribution is -2.32. The lowest BCUT2D eigenvalue weighted by molar-refractivity contribution is 0.426. The van der Waals surface area contributed by atoms with Gasteiger partial charge in [-0.1, -0.05) is 13.8 Å². The fourth-order valence-corrected chi connectivity index (χ4v) is 1.79. The van der Waals surface area contributed by atoms with Crippen molar-refractivity contribution in [3.63, 3.8) is 0 Å². The first kappa shape index (κ1) is 8.69. The molecule has 1 atom stereocenters. The molecule has 4 heteroatoms. The Hall–Kier alpha value is -0.900. The molecule has 0 bridgehead atoms. The molecule has 1 aliphatic heterocycles. The van der Waals surface area contributed by atoms with E-state index in [1.165, 1.54) is 0 Å². The summed E-state index contributed by atoms with van der Waals surface area (Å²) in [6.07, 6.45) is 0. The number of nitrogens with one attached hydrogen (secondary N) is 1. The minimum absolute atomic E-state index is 0.341. The Labute approximate surface area is 78.4 Å². The first-order chi connectivity index (χ1) is 6.20. The molecule has 0 spiro atoms. The van der Waals surface area contributed by atoms with Crippen LogP contribution >= 0.6 is 0 Å². The second-order valence-corrected chi connectivity index (χ2v) is 3.90. The van der Waals surface area contributed by atoms with Gasteiger partial charge in [0.1, 0.15) is 11.6 Å². The third kappa shape index (κ3) is 1.35. The zero-order valence-electron chi connectivity index (χ0n) is 8.41. The molecule has 0 amide bonds. The van der Waals surface area contributed by atoms with E-state index >= 15 is 0 Å². The average molecular weight is 180 g/mol. The molecule has 1 unspecified atom stereocenters. The van der Waals surface area contributed by atoms with Crippen molar-refractivity contribution in [2.45, 2.75) is 39.3 Å². The standard InChI is InChI=1S/C9H16N4/c1-6(2)8-11-12-9-7(3)10-4-5-13(8)9/h6-7,10H,4-5H2,1-3H3. The van der Waals surface area contributed by atoms with Crippen LogP contribution in [-0.4, -0.2) is 21.3 Å². The van der Waals surface area contributed by atoms with Crippen LogP contribution in [0.1, 0.15) is 44.4 Å². The van der Waals surface area contributed by atoms with Crippen LogP contribution in [0, 0.1) is 0 Å². The summed E-state index contributed by atoms with van der Waals surface area (Å²) in [5, 5.41) is 11.8. The van der Waals surface area contributed by atoms with E-state index < -0.39 is 0 Å². The van der Waals surface area contributed by atoms with Gasteiger partial charge in [-0.05, 0) is 6.92 Å². The summed E-state index contributed by atoms with van der Waals surface area (Å²) in [6, 6.07) is 0.341. The number of aromatic nitrogens is 3. The summed E-state index contributed by atoms with van der Waals surface area (Å²) in [5.74, 6) is 2.66. The van der Waals surface area contributed by atoms with Gasteiger partial charge >= 0.3 is 0 Å². The van der Waals surface area contributed by atoms with Crippen molar-refractivity contribution >= 4 is 0 Å². The van der Waals surface area contributed by atoms with Crippen molar-refractivity contribution in [1.29, 1.82) is 0 Å². The molecule has 0 fully saturated rings. The summed E-state index contributed by atoms with van der Waals surface area (Å²) in [7, 11) is 0. The molecule has 13 heavy (non-hydrogen) atoms. The molecule has 1 aliphatic rings. The van der Waals surface area contributed by atoms with Gasteiger partial charge in [0.2, 0.25) is 0 Å². The maximum Gasteiger partial charge on any atom is 0.149 e. The highest BCUT2D eigenvalue weighted by atomic mass is 15.3. The Bertz CT molecular complexity index is 289. The number of fused-ring (bicyclic) bond motifs is 1. The van der Waals surface area contributed by atoms with Gasteiger partial charge < -0.3 is 9.88 Å². The van der Waals surface area contributed by atoms with E-state index in [9.17, 15) is 0 Å². The number of rotatable bonds is 1. The largest absolute Gasteiger partial charge is 0.312 e. The lowest BCUT2D eigenvalue weighted by Gasteiger charge is -2.22. The first-order valence-corrected chi connectivity index (χ1v) is 4.86. The lowest BCUT2D eigenvalue weighted by atomic mass is 10.2. The maximum atomic E-state index is 4.22. The Morgan fingerprint density at radius 3 is 2.92 bits per heavy atom. The van der Waals surface area contributed by atoms with Gasteiger partial charge in [0.15, 0.2) is 0 Å². The van der Waals surface area contributed by atoms with Crippen molar-refractivity contribution in [2.24, 2.45) is 0 Å². The quantitative estimate of drug-likeness (QED) is 0.703. The third-order valence-corrected chi connectivity index (χ3v) is 2.50. The number of nitrogens with zero attached hydrogens (tertiary/aromatic N) is 3. The van der Waals surface area contributed by atoms with E-state index in [0.29, 0.717) is 12.0 Å². The minimum Gasteiger partial charge on any atom is -0.312 e. The van der Waals surface area contributed by atoms with Gasteiger partial charge in [-0.2, -0.15) is 0 Å². The number of hydrogen-bond acceptors (Lipinski definition) is 3. The van der Waals surface area contributed by atoms with Crippen LogP contribution in [0.3, 0.4) is 0 Å². The molecule has 2 rings (SSSR count). The summed E-state index contributed by atoms with van der Waals surface area (Å²) >= 11 is 0. The molecule has 0 saturated carbocycles. The van der Waals surface area contributed by atoms with Gasteiger partial charge in [-0.3, -0.25) is 0 Å². The van der Waals surface area contributed by atoms with Crippen molar-refractivity contribution in [3.05, 3.63) is 11.6 Å². The SMILES string of the molecule is CC(C)c1nnc2n1CCNC2C. The maximum absolute atomic E-state index is 4.22. The molecule has 72 valence electrons. The van der Waals surface area contributed by atoms with E-state index in [1.54, 1.807) is 0 Å². The topological polar surface area (TPSA) is 42.7 Å². The fourth-order valence-electron chi connectivity index (χ4n) is 1.79. The van der Waals surface area contributed by atoms with Crippen LogP contribution in [0.4, 0.5) is 0 Å². The Kier molecular flexibility index (Phi) is 2.07. The van der Waals surface area contributed by atoms with Gasteiger partial charge in [0.05, 0.1) is 6.04 Å². The van der Waals surface area contributed by atoms with Crippen molar-refractivity contribution in [2.75, 3.05) is 6.54 Å². The first-order valence-electron chi connectivity index (χ1n) is 4.86. The van der Waals surface area contributed by atoms with Crippen LogP contribution < -0.4 is 5.32 Å². The highest BCUT2D eigenvalue weighted by molar-refractivity contribution is 5.05. The summed E-state index contributed by atoms with van der Waals surface area (Å²) < 4.78 is 2.24. The molecular weight excluding hydrogens is 164 g/mol. The van der Waals surface area contributed by atoms with Crippen LogP contribution in [-0.2, 0) is 6.54 Å². The second kappa shape index (κ2) is 3.10. The molecule has 4 nitrogen and oxygen atoms in total. The summed E-state index contributed by atoms with van der Waals surface area (Å²) in [4.78, 5) is 0.